The van der Waals surface area contributed by atoms with Crippen molar-refractivity contribution in [3.8, 4) is 0 Å². The molecule has 2 aromatic heterocycles. The Morgan fingerprint density at radius 3 is 2.94 bits per heavy atom. The Hall–Kier alpha value is -1.87. The van der Waals surface area contributed by atoms with E-state index < -0.39 is 0 Å². The molecule has 3 nitrogen and oxygen atoms in total. The first-order valence-electron chi connectivity index (χ1n) is 5.77. The van der Waals surface area contributed by atoms with Crippen molar-refractivity contribution in [1.82, 2.24) is 14.6 Å². The number of rotatable bonds is 2. The van der Waals surface area contributed by atoms with Crippen LogP contribution < -0.4 is 0 Å². The maximum atomic E-state index is 5.96. The van der Waals surface area contributed by atoms with E-state index >= 15 is 0 Å². The first kappa shape index (κ1) is 11.2. The fourth-order valence-corrected chi connectivity index (χ4v) is 2.15. The smallest absolute Gasteiger partial charge is 0.156 e. The standard InChI is InChI=1S/C14H12ClN3/c1-10-5-6-18-14(7-10)16-13(17-18)9-11-3-2-4-12(15)8-11/h2-8H,9H2,1H3. The molecule has 0 atom stereocenters. The molecule has 3 aromatic rings. The molecular formula is C14H12ClN3. The van der Waals surface area contributed by atoms with Gasteiger partial charge in [-0.15, -0.1) is 0 Å². The maximum Gasteiger partial charge on any atom is 0.156 e. The van der Waals surface area contributed by atoms with Crippen molar-refractivity contribution < 1.29 is 0 Å². The van der Waals surface area contributed by atoms with Crippen LogP contribution in [0.25, 0.3) is 5.65 Å². The number of benzene rings is 1. The van der Waals surface area contributed by atoms with Gasteiger partial charge in [0.25, 0.3) is 0 Å². The Morgan fingerprint density at radius 2 is 2.11 bits per heavy atom. The van der Waals surface area contributed by atoms with Crippen LogP contribution >= 0.6 is 11.6 Å². The van der Waals surface area contributed by atoms with Gasteiger partial charge in [-0.05, 0) is 42.3 Å². The Bertz CT molecular complexity index is 703. The van der Waals surface area contributed by atoms with Gasteiger partial charge in [0.05, 0.1) is 0 Å². The molecule has 18 heavy (non-hydrogen) atoms. The highest BCUT2D eigenvalue weighted by Gasteiger charge is 2.05. The first-order valence-corrected chi connectivity index (χ1v) is 6.15. The summed E-state index contributed by atoms with van der Waals surface area (Å²) in [6.45, 7) is 2.05. The molecule has 0 saturated heterocycles. The molecule has 2 heterocycles. The zero-order valence-electron chi connectivity index (χ0n) is 9.97. The monoisotopic (exact) mass is 257 g/mol. The average Bonchev–Trinajstić information content (AvgIpc) is 2.70. The Morgan fingerprint density at radius 1 is 1.22 bits per heavy atom. The SMILES string of the molecule is Cc1ccn2nc(Cc3cccc(Cl)c3)nc2c1. The van der Waals surface area contributed by atoms with Gasteiger partial charge in [-0.2, -0.15) is 5.10 Å². The van der Waals surface area contributed by atoms with Crippen molar-refractivity contribution in [2.75, 3.05) is 0 Å². The fourth-order valence-electron chi connectivity index (χ4n) is 1.93. The highest BCUT2D eigenvalue weighted by molar-refractivity contribution is 6.30. The van der Waals surface area contributed by atoms with Crippen molar-refractivity contribution in [1.29, 1.82) is 0 Å². The maximum absolute atomic E-state index is 5.96. The van der Waals surface area contributed by atoms with Gasteiger partial charge in [0, 0.05) is 17.6 Å². The van der Waals surface area contributed by atoms with E-state index in [4.69, 9.17) is 11.6 Å². The van der Waals surface area contributed by atoms with Crippen LogP contribution in [0.4, 0.5) is 0 Å². The van der Waals surface area contributed by atoms with Crippen molar-refractivity contribution in [2.45, 2.75) is 13.3 Å². The van der Waals surface area contributed by atoms with E-state index in [0.29, 0.717) is 6.42 Å². The Kier molecular flexibility index (Phi) is 2.76. The molecule has 0 N–H and O–H groups in total. The van der Waals surface area contributed by atoms with Crippen LogP contribution in [0, 0.1) is 6.92 Å². The summed E-state index contributed by atoms with van der Waals surface area (Å²) in [5.74, 6) is 0.808. The van der Waals surface area contributed by atoms with Gasteiger partial charge >= 0.3 is 0 Å². The molecule has 1 aromatic carbocycles. The third-order valence-corrected chi connectivity index (χ3v) is 3.02. The quantitative estimate of drug-likeness (QED) is 0.705. The summed E-state index contributed by atoms with van der Waals surface area (Å²) in [6.07, 6.45) is 2.63. The van der Waals surface area contributed by atoms with Crippen LogP contribution in [0.2, 0.25) is 5.02 Å². The van der Waals surface area contributed by atoms with Crippen LogP contribution in [0.3, 0.4) is 0 Å². The summed E-state index contributed by atoms with van der Waals surface area (Å²) in [5, 5.41) is 5.18. The van der Waals surface area contributed by atoms with Gasteiger partial charge in [0.2, 0.25) is 0 Å². The zero-order chi connectivity index (χ0) is 12.5. The number of hydrogen-bond acceptors (Lipinski definition) is 2. The lowest BCUT2D eigenvalue weighted by molar-refractivity contribution is 0.898. The fraction of sp³-hybridized carbons (Fsp3) is 0.143. The minimum Gasteiger partial charge on any atom is -0.221 e. The second-order valence-corrected chi connectivity index (χ2v) is 4.78. The Labute approximate surface area is 110 Å². The predicted octanol–water partition coefficient (Wildman–Crippen LogP) is 3.28. The number of nitrogens with zero attached hydrogens (tertiary/aromatic N) is 3. The molecule has 4 heteroatoms. The lowest BCUT2D eigenvalue weighted by Crippen LogP contribution is -1.91. The van der Waals surface area contributed by atoms with E-state index in [0.717, 1.165) is 22.1 Å². The van der Waals surface area contributed by atoms with Crippen LogP contribution in [0.5, 0.6) is 0 Å². The minimum atomic E-state index is 0.696. The van der Waals surface area contributed by atoms with Gasteiger partial charge in [-0.1, -0.05) is 23.7 Å². The summed E-state index contributed by atoms with van der Waals surface area (Å²) in [5.41, 5.74) is 3.19. The number of halogens is 1. The topological polar surface area (TPSA) is 30.2 Å². The normalized spacial score (nSPS) is 11.0. The van der Waals surface area contributed by atoms with Crippen LogP contribution in [0.15, 0.2) is 42.6 Å². The molecule has 0 aliphatic rings. The van der Waals surface area contributed by atoms with Crippen molar-refractivity contribution in [2.24, 2.45) is 0 Å². The van der Waals surface area contributed by atoms with E-state index in [2.05, 4.69) is 10.1 Å². The summed E-state index contributed by atoms with van der Waals surface area (Å²) in [6, 6.07) is 11.8. The van der Waals surface area contributed by atoms with E-state index in [1.807, 2.05) is 49.5 Å². The Balaban J connectivity index is 1.95. The lowest BCUT2D eigenvalue weighted by Gasteiger charge is -1.97. The molecular weight excluding hydrogens is 246 g/mol. The van der Waals surface area contributed by atoms with Crippen LogP contribution in [-0.4, -0.2) is 14.6 Å². The van der Waals surface area contributed by atoms with Crippen molar-refractivity contribution in [3.05, 3.63) is 64.6 Å². The van der Waals surface area contributed by atoms with Gasteiger partial charge in [0.1, 0.15) is 0 Å². The molecule has 0 spiro atoms. The second-order valence-electron chi connectivity index (χ2n) is 4.34. The molecule has 0 aliphatic heterocycles. The molecule has 0 amide bonds. The van der Waals surface area contributed by atoms with E-state index in [9.17, 15) is 0 Å². The number of aryl methyl sites for hydroxylation is 1. The van der Waals surface area contributed by atoms with E-state index in [1.165, 1.54) is 5.56 Å². The van der Waals surface area contributed by atoms with Gasteiger partial charge in [-0.25, -0.2) is 9.50 Å². The van der Waals surface area contributed by atoms with Gasteiger partial charge in [-0.3, -0.25) is 0 Å². The van der Waals surface area contributed by atoms with Crippen LogP contribution in [-0.2, 0) is 6.42 Å². The first-order chi connectivity index (χ1) is 8.70. The molecule has 0 saturated carbocycles. The molecule has 0 bridgehead atoms. The average molecular weight is 258 g/mol. The molecule has 0 unspecified atom stereocenters. The van der Waals surface area contributed by atoms with Crippen molar-refractivity contribution in [3.63, 3.8) is 0 Å². The molecule has 0 aliphatic carbocycles. The molecule has 0 radical (unpaired) electrons. The molecule has 0 fully saturated rings. The number of pyridine rings is 1. The van der Waals surface area contributed by atoms with E-state index in [-0.39, 0.29) is 0 Å². The van der Waals surface area contributed by atoms with Gasteiger partial charge in [0.15, 0.2) is 11.5 Å². The number of fused-ring (bicyclic) bond motifs is 1. The zero-order valence-corrected chi connectivity index (χ0v) is 10.7. The van der Waals surface area contributed by atoms with Gasteiger partial charge < -0.3 is 0 Å². The summed E-state index contributed by atoms with van der Waals surface area (Å²) in [7, 11) is 0. The third-order valence-electron chi connectivity index (χ3n) is 2.79. The largest absolute Gasteiger partial charge is 0.221 e. The highest BCUT2D eigenvalue weighted by Crippen LogP contribution is 2.14. The number of aromatic nitrogens is 3. The van der Waals surface area contributed by atoms with Crippen molar-refractivity contribution >= 4 is 17.2 Å². The predicted molar refractivity (Wildman–Crippen MR) is 72.0 cm³/mol. The minimum absolute atomic E-state index is 0.696. The summed E-state index contributed by atoms with van der Waals surface area (Å²) in [4.78, 5) is 4.51. The highest BCUT2D eigenvalue weighted by atomic mass is 35.5. The third kappa shape index (κ3) is 2.22. The summed E-state index contributed by atoms with van der Waals surface area (Å²) >= 11 is 5.96. The molecule has 3 rings (SSSR count). The van der Waals surface area contributed by atoms with Crippen LogP contribution in [0.1, 0.15) is 17.0 Å². The van der Waals surface area contributed by atoms with E-state index in [1.54, 1.807) is 4.52 Å². The second kappa shape index (κ2) is 4.42. The number of hydrogen-bond donors (Lipinski definition) is 0. The lowest BCUT2D eigenvalue weighted by atomic mass is 10.1. The molecule has 90 valence electrons. The summed E-state index contributed by atoms with van der Waals surface area (Å²) < 4.78 is 1.80.